The molecular weight excluding hydrogens is 324 g/mol. The van der Waals surface area contributed by atoms with Gasteiger partial charge in [-0.25, -0.2) is 4.79 Å². The van der Waals surface area contributed by atoms with Crippen LogP contribution in [0, 0.1) is 0 Å². The molecule has 1 amide bonds. The Bertz CT molecular complexity index is 693. The predicted octanol–water partition coefficient (Wildman–Crippen LogP) is 1.69. The van der Waals surface area contributed by atoms with E-state index in [1.807, 2.05) is 30.3 Å². The van der Waals surface area contributed by atoms with E-state index in [9.17, 15) is 20.1 Å². The highest BCUT2D eigenvalue weighted by Crippen LogP contribution is 2.26. The molecule has 7 nitrogen and oxygen atoms in total. The van der Waals surface area contributed by atoms with Gasteiger partial charge in [-0.2, -0.15) is 0 Å². The second-order valence-electron chi connectivity index (χ2n) is 5.61. The van der Waals surface area contributed by atoms with Gasteiger partial charge >= 0.3 is 6.09 Å². The molecule has 0 radical (unpaired) electrons. The third kappa shape index (κ3) is 5.66. The van der Waals surface area contributed by atoms with E-state index < -0.39 is 18.3 Å². The molecule has 7 heteroatoms. The number of rotatable bonds is 7. The molecule has 0 bridgehead atoms. The number of aromatic hydroxyl groups is 1. The lowest BCUT2D eigenvalue weighted by molar-refractivity contribution is 0.0135. The molecule has 0 heterocycles. The molecule has 0 aliphatic heterocycles. The van der Waals surface area contributed by atoms with Crippen molar-refractivity contribution in [2.75, 3.05) is 12.3 Å². The molecule has 0 aromatic heterocycles. The molecule has 25 heavy (non-hydrogen) atoms. The molecule has 2 aromatic rings. The number of alkyl carbamates (subject to hydrolysis) is 1. The molecule has 0 spiro atoms. The van der Waals surface area contributed by atoms with Crippen LogP contribution < -0.4 is 11.1 Å². The summed E-state index contributed by atoms with van der Waals surface area (Å²) in [7, 11) is 0. The van der Waals surface area contributed by atoms with E-state index >= 15 is 0 Å². The van der Waals surface area contributed by atoms with Gasteiger partial charge in [0.15, 0.2) is 0 Å². The third-order valence-corrected chi connectivity index (χ3v) is 3.68. The van der Waals surface area contributed by atoms with E-state index in [2.05, 4.69) is 5.32 Å². The quantitative estimate of drug-likeness (QED) is 0.384. The highest BCUT2D eigenvalue weighted by Gasteiger charge is 2.19. The fraction of sp³-hybridized carbons (Fsp3) is 0.278. The summed E-state index contributed by atoms with van der Waals surface area (Å²) in [5.74, 6) is -0.161. The zero-order chi connectivity index (χ0) is 18.2. The summed E-state index contributed by atoms with van der Waals surface area (Å²) in [4.78, 5) is 11.6. The summed E-state index contributed by atoms with van der Waals surface area (Å²) >= 11 is 0. The molecule has 6 N–H and O–H groups in total. The van der Waals surface area contributed by atoms with E-state index in [0.717, 1.165) is 5.56 Å². The van der Waals surface area contributed by atoms with Crippen molar-refractivity contribution >= 4 is 11.8 Å². The topological polar surface area (TPSA) is 125 Å². The van der Waals surface area contributed by atoms with Crippen LogP contribution in [0.5, 0.6) is 5.75 Å². The van der Waals surface area contributed by atoms with E-state index in [4.69, 9.17) is 10.5 Å². The van der Waals surface area contributed by atoms with Crippen molar-refractivity contribution in [3.05, 3.63) is 59.7 Å². The number of nitrogens with one attached hydrogen (secondary N) is 1. The van der Waals surface area contributed by atoms with E-state index in [1.165, 1.54) is 18.2 Å². The van der Waals surface area contributed by atoms with Crippen LogP contribution in [0.15, 0.2) is 48.5 Å². The van der Waals surface area contributed by atoms with Gasteiger partial charge in [0.25, 0.3) is 0 Å². The van der Waals surface area contributed by atoms with Gasteiger partial charge in [0.1, 0.15) is 18.5 Å². The summed E-state index contributed by atoms with van der Waals surface area (Å²) < 4.78 is 5.04. The van der Waals surface area contributed by atoms with Crippen molar-refractivity contribution in [2.24, 2.45) is 0 Å². The molecule has 2 unspecified atom stereocenters. The minimum absolute atomic E-state index is 0.118. The molecule has 134 valence electrons. The number of nitrogens with two attached hydrogens (primary N) is 1. The zero-order valence-corrected chi connectivity index (χ0v) is 13.6. The Hall–Kier alpha value is -2.77. The third-order valence-electron chi connectivity index (χ3n) is 3.68. The smallest absolute Gasteiger partial charge is 0.407 e. The van der Waals surface area contributed by atoms with E-state index in [1.54, 1.807) is 0 Å². The Morgan fingerprint density at radius 3 is 2.56 bits per heavy atom. The lowest BCUT2D eigenvalue weighted by Crippen LogP contribution is -2.29. The number of aliphatic hydroxyl groups is 2. The number of amides is 1. The number of phenolic OH excluding ortho intramolecular Hbond substituents is 1. The maximum atomic E-state index is 11.6. The number of hydrogen-bond acceptors (Lipinski definition) is 6. The van der Waals surface area contributed by atoms with Crippen molar-refractivity contribution in [1.29, 1.82) is 0 Å². The summed E-state index contributed by atoms with van der Waals surface area (Å²) in [6, 6.07) is 13.5. The van der Waals surface area contributed by atoms with Gasteiger partial charge in [0.2, 0.25) is 0 Å². The van der Waals surface area contributed by atoms with Crippen LogP contribution in [-0.4, -0.2) is 34.1 Å². The average Bonchev–Trinajstić information content (AvgIpc) is 2.62. The Balaban J connectivity index is 1.72. The van der Waals surface area contributed by atoms with Gasteiger partial charge in [-0.3, -0.25) is 0 Å². The first-order valence-electron chi connectivity index (χ1n) is 7.86. The number of hydrogen-bond donors (Lipinski definition) is 5. The normalized spacial score (nSPS) is 13.0. The molecule has 2 aromatic carbocycles. The standard InChI is InChI=1S/C18H22N2O5/c19-14-7-6-13(10-16(14)22)17(23)15(21)8-9-20-18(24)25-11-12-4-2-1-3-5-12/h1-7,10,15,17,21-23H,8-9,11,19H2,(H,20,24). The number of aliphatic hydroxyl groups excluding tert-OH is 2. The highest BCUT2D eigenvalue weighted by atomic mass is 16.5. The monoisotopic (exact) mass is 346 g/mol. The Labute approximate surface area is 145 Å². The van der Waals surface area contributed by atoms with Gasteiger partial charge in [-0.05, 0) is 29.7 Å². The van der Waals surface area contributed by atoms with Crippen LogP contribution in [0.4, 0.5) is 10.5 Å². The number of carbonyl (C=O) groups is 1. The van der Waals surface area contributed by atoms with Gasteiger partial charge in [0, 0.05) is 6.54 Å². The molecule has 0 aliphatic carbocycles. The lowest BCUT2D eigenvalue weighted by Gasteiger charge is -2.19. The van der Waals surface area contributed by atoms with Crippen LogP contribution in [0.3, 0.4) is 0 Å². The number of benzene rings is 2. The first kappa shape index (κ1) is 18.6. The maximum absolute atomic E-state index is 11.6. The minimum atomic E-state index is -1.20. The second kappa shape index (κ2) is 8.91. The number of nitrogen functional groups attached to an aromatic ring is 1. The van der Waals surface area contributed by atoms with Gasteiger partial charge in [0.05, 0.1) is 11.8 Å². The summed E-state index contributed by atoms with van der Waals surface area (Å²) in [5.41, 5.74) is 6.89. The number of anilines is 1. The number of ether oxygens (including phenoxy) is 1. The van der Waals surface area contributed by atoms with Crippen molar-refractivity contribution < 1.29 is 24.9 Å². The van der Waals surface area contributed by atoms with Crippen LogP contribution in [0.1, 0.15) is 23.7 Å². The van der Waals surface area contributed by atoms with E-state index in [0.29, 0.717) is 5.56 Å². The fourth-order valence-corrected chi connectivity index (χ4v) is 2.22. The average molecular weight is 346 g/mol. The number of phenols is 1. The first-order valence-corrected chi connectivity index (χ1v) is 7.86. The van der Waals surface area contributed by atoms with Crippen LogP contribution in [0.2, 0.25) is 0 Å². The molecule has 0 aliphatic rings. The molecule has 0 saturated heterocycles. The van der Waals surface area contributed by atoms with Gasteiger partial charge in [-0.15, -0.1) is 0 Å². The predicted molar refractivity (Wildman–Crippen MR) is 92.7 cm³/mol. The summed E-state index contributed by atoms with van der Waals surface area (Å²) in [6.45, 7) is 0.287. The molecule has 0 saturated carbocycles. The van der Waals surface area contributed by atoms with Crippen LogP contribution >= 0.6 is 0 Å². The van der Waals surface area contributed by atoms with Crippen LogP contribution in [-0.2, 0) is 11.3 Å². The zero-order valence-electron chi connectivity index (χ0n) is 13.6. The van der Waals surface area contributed by atoms with Gasteiger partial charge in [-0.1, -0.05) is 36.4 Å². The molecule has 0 fully saturated rings. The summed E-state index contributed by atoms with van der Waals surface area (Å²) in [5, 5.41) is 32.1. The van der Waals surface area contributed by atoms with E-state index in [-0.39, 0.29) is 31.0 Å². The van der Waals surface area contributed by atoms with Crippen molar-refractivity contribution in [2.45, 2.75) is 25.2 Å². The number of carbonyl (C=O) groups excluding carboxylic acids is 1. The second-order valence-corrected chi connectivity index (χ2v) is 5.61. The van der Waals surface area contributed by atoms with Crippen molar-refractivity contribution in [1.82, 2.24) is 5.32 Å². The SMILES string of the molecule is Nc1ccc(C(O)C(O)CCNC(=O)OCc2ccccc2)cc1O. The first-order chi connectivity index (χ1) is 12.0. The van der Waals surface area contributed by atoms with Crippen molar-refractivity contribution in [3.63, 3.8) is 0 Å². The summed E-state index contributed by atoms with van der Waals surface area (Å²) in [6.07, 6.45) is -2.80. The van der Waals surface area contributed by atoms with Crippen molar-refractivity contribution in [3.8, 4) is 5.75 Å². The highest BCUT2D eigenvalue weighted by molar-refractivity contribution is 5.67. The molecule has 2 atom stereocenters. The minimum Gasteiger partial charge on any atom is -0.506 e. The molecule has 2 rings (SSSR count). The Kier molecular flexibility index (Phi) is 6.62. The fourth-order valence-electron chi connectivity index (χ4n) is 2.22. The maximum Gasteiger partial charge on any atom is 0.407 e. The van der Waals surface area contributed by atoms with Gasteiger partial charge < -0.3 is 31.1 Å². The Morgan fingerprint density at radius 1 is 1.16 bits per heavy atom. The Morgan fingerprint density at radius 2 is 1.88 bits per heavy atom. The molecular formula is C18H22N2O5. The lowest BCUT2D eigenvalue weighted by atomic mass is 10.0. The largest absolute Gasteiger partial charge is 0.506 e. The van der Waals surface area contributed by atoms with Crippen LogP contribution in [0.25, 0.3) is 0 Å².